The summed E-state index contributed by atoms with van der Waals surface area (Å²) in [4.78, 5) is 29.6. The predicted octanol–water partition coefficient (Wildman–Crippen LogP) is 1.70. The Morgan fingerprint density at radius 2 is 1.96 bits per heavy atom. The fourth-order valence-corrected chi connectivity index (χ4v) is 2.99. The molecule has 0 radical (unpaired) electrons. The van der Waals surface area contributed by atoms with Crippen LogP contribution in [0, 0.1) is 11.3 Å². The van der Waals surface area contributed by atoms with Gasteiger partial charge in [0.2, 0.25) is 0 Å². The van der Waals surface area contributed by atoms with Crippen molar-refractivity contribution in [2.75, 3.05) is 5.32 Å². The lowest BCUT2D eigenvalue weighted by Gasteiger charge is -2.03. The lowest BCUT2D eigenvalue weighted by molar-refractivity contribution is 0.101. The fraction of sp³-hybridized carbons (Fsp3) is 0. The number of hydrogen-bond acceptors (Lipinski definition) is 9. The Balaban J connectivity index is 1.63. The van der Waals surface area contributed by atoms with Gasteiger partial charge in [-0.1, -0.05) is 22.6 Å². The highest BCUT2D eigenvalue weighted by molar-refractivity contribution is 7.16. The number of hydrogen-bond donors (Lipinski definition) is 1. The molecular formula is C16H9N9OS. The SMILES string of the molecule is N#Cc1sc(NC(=O)c2cnnn2-c2ncccn2)nc1-c1ccccn1. The number of anilines is 1. The van der Waals surface area contributed by atoms with Crippen LogP contribution in [0.15, 0.2) is 49.1 Å². The third-order valence-electron chi connectivity index (χ3n) is 3.38. The molecule has 0 atom stereocenters. The van der Waals surface area contributed by atoms with E-state index in [9.17, 15) is 10.1 Å². The van der Waals surface area contributed by atoms with Crippen LogP contribution in [0.1, 0.15) is 15.4 Å². The summed E-state index contributed by atoms with van der Waals surface area (Å²) in [6.45, 7) is 0. The number of aromatic nitrogens is 7. The van der Waals surface area contributed by atoms with Crippen molar-refractivity contribution in [3.05, 3.63) is 59.6 Å². The van der Waals surface area contributed by atoms with Crippen molar-refractivity contribution in [1.82, 2.24) is 34.9 Å². The van der Waals surface area contributed by atoms with Crippen LogP contribution in [-0.2, 0) is 0 Å². The third kappa shape index (κ3) is 3.24. The minimum Gasteiger partial charge on any atom is -0.296 e. The molecule has 10 nitrogen and oxygen atoms in total. The lowest BCUT2D eigenvalue weighted by Crippen LogP contribution is -2.18. The molecule has 11 heteroatoms. The van der Waals surface area contributed by atoms with E-state index in [1.165, 1.54) is 23.3 Å². The van der Waals surface area contributed by atoms with Gasteiger partial charge in [-0.15, -0.1) is 5.10 Å². The Hall–Kier alpha value is -4.04. The molecule has 1 N–H and O–H groups in total. The van der Waals surface area contributed by atoms with Crippen LogP contribution in [0.3, 0.4) is 0 Å². The number of nitriles is 1. The molecule has 0 aliphatic carbocycles. The van der Waals surface area contributed by atoms with E-state index in [0.717, 1.165) is 11.3 Å². The fourth-order valence-electron chi connectivity index (χ4n) is 2.23. The van der Waals surface area contributed by atoms with Crippen LogP contribution in [0.2, 0.25) is 0 Å². The zero-order valence-corrected chi connectivity index (χ0v) is 14.3. The molecule has 0 unspecified atom stereocenters. The summed E-state index contributed by atoms with van der Waals surface area (Å²) in [5.74, 6) is -0.288. The Morgan fingerprint density at radius 3 is 2.70 bits per heavy atom. The second-order valence-corrected chi connectivity index (χ2v) is 6.06. The summed E-state index contributed by atoms with van der Waals surface area (Å²) >= 11 is 1.06. The third-order valence-corrected chi connectivity index (χ3v) is 4.26. The first-order valence-electron chi connectivity index (χ1n) is 7.58. The molecule has 0 aliphatic rings. The van der Waals surface area contributed by atoms with Crippen molar-refractivity contribution in [1.29, 1.82) is 5.26 Å². The monoisotopic (exact) mass is 375 g/mol. The van der Waals surface area contributed by atoms with Gasteiger partial charge in [0.25, 0.3) is 11.9 Å². The summed E-state index contributed by atoms with van der Waals surface area (Å²) in [7, 11) is 0. The van der Waals surface area contributed by atoms with E-state index >= 15 is 0 Å². The van der Waals surface area contributed by atoms with E-state index in [-0.39, 0.29) is 16.8 Å². The van der Waals surface area contributed by atoms with Crippen molar-refractivity contribution in [2.24, 2.45) is 0 Å². The molecule has 0 saturated carbocycles. The van der Waals surface area contributed by atoms with Gasteiger partial charge in [0.15, 0.2) is 10.8 Å². The molecule has 0 saturated heterocycles. The molecule has 0 bridgehead atoms. The van der Waals surface area contributed by atoms with E-state index in [2.05, 4.69) is 41.6 Å². The second-order valence-electron chi connectivity index (χ2n) is 5.06. The van der Waals surface area contributed by atoms with Gasteiger partial charge < -0.3 is 0 Å². The van der Waals surface area contributed by atoms with Crippen LogP contribution >= 0.6 is 11.3 Å². The predicted molar refractivity (Wildman–Crippen MR) is 95.0 cm³/mol. The largest absolute Gasteiger partial charge is 0.296 e. The molecule has 4 heterocycles. The molecule has 0 aliphatic heterocycles. The Bertz CT molecular complexity index is 1130. The molecule has 0 fully saturated rings. The van der Waals surface area contributed by atoms with Crippen LogP contribution in [-0.4, -0.2) is 40.8 Å². The van der Waals surface area contributed by atoms with Gasteiger partial charge in [-0.3, -0.25) is 15.1 Å². The zero-order chi connectivity index (χ0) is 18.6. The summed E-state index contributed by atoms with van der Waals surface area (Å²) in [5, 5.41) is 19.8. The van der Waals surface area contributed by atoms with E-state index in [0.29, 0.717) is 16.3 Å². The molecule has 27 heavy (non-hydrogen) atoms. The van der Waals surface area contributed by atoms with Gasteiger partial charge >= 0.3 is 0 Å². The number of amides is 1. The minimum absolute atomic E-state index is 0.134. The maximum absolute atomic E-state index is 12.6. The highest BCUT2D eigenvalue weighted by Gasteiger charge is 2.20. The van der Waals surface area contributed by atoms with E-state index in [4.69, 9.17) is 0 Å². The maximum atomic E-state index is 12.6. The standard InChI is InChI=1S/C16H9N9OS/c17-8-12-13(10-4-1-2-5-18-10)22-16(27-12)23-14(26)11-9-21-24-25(11)15-19-6-3-7-20-15/h1-7,9H,(H,22,23,26). The lowest BCUT2D eigenvalue weighted by atomic mass is 10.2. The molecule has 130 valence electrons. The highest BCUT2D eigenvalue weighted by Crippen LogP contribution is 2.29. The van der Waals surface area contributed by atoms with Crippen LogP contribution < -0.4 is 5.32 Å². The topological polar surface area (TPSA) is 135 Å². The molecule has 0 aromatic carbocycles. The zero-order valence-electron chi connectivity index (χ0n) is 13.5. The number of nitrogens with one attached hydrogen (secondary N) is 1. The van der Waals surface area contributed by atoms with Crippen LogP contribution in [0.4, 0.5) is 5.13 Å². The number of nitrogens with zero attached hydrogens (tertiary/aromatic N) is 8. The first kappa shape index (κ1) is 16.4. The van der Waals surface area contributed by atoms with Crippen molar-refractivity contribution in [3.63, 3.8) is 0 Å². The average Bonchev–Trinajstić information content (AvgIpc) is 3.36. The molecule has 4 rings (SSSR count). The van der Waals surface area contributed by atoms with Crippen molar-refractivity contribution in [3.8, 4) is 23.4 Å². The Morgan fingerprint density at radius 1 is 1.15 bits per heavy atom. The number of carbonyl (C=O) groups excluding carboxylic acids is 1. The van der Waals surface area contributed by atoms with E-state index < -0.39 is 5.91 Å². The molecule has 4 aromatic rings. The highest BCUT2D eigenvalue weighted by atomic mass is 32.1. The maximum Gasteiger partial charge on any atom is 0.277 e. The van der Waals surface area contributed by atoms with E-state index in [1.54, 1.807) is 30.5 Å². The first-order chi connectivity index (χ1) is 13.3. The van der Waals surface area contributed by atoms with Gasteiger partial charge in [0.05, 0.1) is 11.9 Å². The number of rotatable bonds is 4. The smallest absolute Gasteiger partial charge is 0.277 e. The molecule has 4 aromatic heterocycles. The van der Waals surface area contributed by atoms with Gasteiger partial charge in [0.1, 0.15) is 16.6 Å². The van der Waals surface area contributed by atoms with E-state index in [1.807, 2.05) is 0 Å². The summed E-state index contributed by atoms with van der Waals surface area (Å²) in [5.41, 5.74) is 1.10. The number of pyridine rings is 1. The summed E-state index contributed by atoms with van der Waals surface area (Å²) < 4.78 is 1.22. The Kier molecular flexibility index (Phi) is 4.30. The number of carbonyl (C=O) groups is 1. The average molecular weight is 375 g/mol. The van der Waals surface area contributed by atoms with Crippen molar-refractivity contribution >= 4 is 22.4 Å². The molecule has 0 spiro atoms. The van der Waals surface area contributed by atoms with Gasteiger partial charge in [-0.05, 0) is 18.2 Å². The van der Waals surface area contributed by atoms with Gasteiger partial charge in [0, 0.05) is 18.6 Å². The van der Waals surface area contributed by atoms with Crippen LogP contribution in [0.25, 0.3) is 17.3 Å². The minimum atomic E-state index is -0.502. The summed E-state index contributed by atoms with van der Waals surface area (Å²) in [6, 6.07) is 9.03. The summed E-state index contributed by atoms with van der Waals surface area (Å²) in [6.07, 6.45) is 5.97. The van der Waals surface area contributed by atoms with Crippen molar-refractivity contribution in [2.45, 2.75) is 0 Å². The molecule has 1 amide bonds. The Labute approximate surface area is 156 Å². The second kappa shape index (κ2) is 7.06. The van der Waals surface area contributed by atoms with Crippen molar-refractivity contribution < 1.29 is 4.79 Å². The quantitative estimate of drug-likeness (QED) is 0.569. The first-order valence-corrected chi connectivity index (χ1v) is 8.39. The normalized spacial score (nSPS) is 10.3. The molecular weight excluding hydrogens is 366 g/mol. The van der Waals surface area contributed by atoms with Gasteiger partial charge in [-0.25, -0.2) is 15.0 Å². The number of thiazole rings is 1. The van der Waals surface area contributed by atoms with Crippen LogP contribution in [0.5, 0.6) is 0 Å². The van der Waals surface area contributed by atoms with Gasteiger partial charge in [-0.2, -0.15) is 9.94 Å².